The third-order valence-corrected chi connectivity index (χ3v) is 3.97. The van der Waals surface area contributed by atoms with Gasteiger partial charge < -0.3 is 19.7 Å². The van der Waals surface area contributed by atoms with Gasteiger partial charge in [0.1, 0.15) is 17.3 Å². The zero-order valence-electron chi connectivity index (χ0n) is 13.0. The molecule has 0 bridgehead atoms. The van der Waals surface area contributed by atoms with Gasteiger partial charge in [-0.1, -0.05) is 6.07 Å². The molecule has 5 nitrogen and oxygen atoms in total. The van der Waals surface area contributed by atoms with Gasteiger partial charge in [0.25, 0.3) is 0 Å². The van der Waals surface area contributed by atoms with Crippen molar-refractivity contribution < 1.29 is 9.52 Å². The predicted molar refractivity (Wildman–Crippen MR) is 85.7 cm³/mol. The van der Waals surface area contributed by atoms with Crippen molar-refractivity contribution in [3.63, 3.8) is 0 Å². The lowest BCUT2D eigenvalue weighted by atomic mass is 10.1. The quantitative estimate of drug-likeness (QED) is 0.887. The number of nitrogens with one attached hydrogen (secondary N) is 1. The number of aliphatic hydroxyl groups is 1. The van der Waals surface area contributed by atoms with Gasteiger partial charge in [-0.05, 0) is 38.0 Å². The second kappa shape index (κ2) is 6.94. The fourth-order valence-electron chi connectivity index (χ4n) is 2.90. The van der Waals surface area contributed by atoms with Crippen molar-refractivity contribution in [2.45, 2.75) is 39.0 Å². The van der Waals surface area contributed by atoms with Gasteiger partial charge in [0.15, 0.2) is 0 Å². The molecule has 0 amide bonds. The van der Waals surface area contributed by atoms with Gasteiger partial charge in [-0.3, -0.25) is 0 Å². The third kappa shape index (κ3) is 3.67. The Bertz CT molecular complexity index is 611. The highest BCUT2D eigenvalue weighted by Gasteiger charge is 2.20. The minimum Gasteiger partial charge on any atom is -0.465 e. The molecule has 1 aliphatic rings. The summed E-state index contributed by atoms with van der Waals surface area (Å²) in [5, 5.41) is 13.3. The third-order valence-electron chi connectivity index (χ3n) is 3.97. The maximum atomic E-state index is 9.86. The van der Waals surface area contributed by atoms with Crippen LogP contribution in [0.4, 0.5) is 5.82 Å². The maximum absolute atomic E-state index is 9.86. The van der Waals surface area contributed by atoms with Crippen molar-refractivity contribution in [2.24, 2.45) is 0 Å². The number of β-amino-alcohol motifs (C(OH)–C–C–N with tert-alkyl or cyclic N) is 1. The normalized spacial score (nSPS) is 18.6. The highest BCUT2D eigenvalue weighted by Crippen LogP contribution is 2.21. The van der Waals surface area contributed by atoms with Crippen molar-refractivity contribution in [3.8, 4) is 0 Å². The van der Waals surface area contributed by atoms with Crippen LogP contribution in [-0.4, -0.2) is 29.3 Å². The van der Waals surface area contributed by atoms with E-state index in [0.29, 0.717) is 13.1 Å². The van der Waals surface area contributed by atoms with E-state index in [-0.39, 0.29) is 6.10 Å². The Labute approximate surface area is 131 Å². The number of hydrogen-bond acceptors (Lipinski definition) is 5. The van der Waals surface area contributed by atoms with Crippen molar-refractivity contribution in [1.29, 1.82) is 0 Å². The molecule has 0 spiro atoms. The molecule has 118 valence electrons. The standard InChI is InChI=1S/C17H23N3O2/c1-13-6-7-16(22-13)11-18-10-14-4-2-8-19-17(14)20-9-3-5-15(21)12-20/h2,4,6-8,15,18,21H,3,5,9-12H2,1H3/t15-/m0/s1. The summed E-state index contributed by atoms with van der Waals surface area (Å²) in [7, 11) is 0. The van der Waals surface area contributed by atoms with Crippen LogP contribution in [0.3, 0.4) is 0 Å². The van der Waals surface area contributed by atoms with E-state index in [4.69, 9.17) is 4.42 Å². The molecule has 22 heavy (non-hydrogen) atoms. The molecule has 2 aromatic rings. The molecule has 0 radical (unpaired) electrons. The SMILES string of the molecule is Cc1ccc(CNCc2cccnc2N2CCC[C@H](O)C2)o1. The number of aliphatic hydroxyl groups excluding tert-OH is 1. The van der Waals surface area contributed by atoms with Gasteiger partial charge in [0.05, 0.1) is 12.6 Å². The lowest BCUT2D eigenvalue weighted by Crippen LogP contribution is -2.39. The molecule has 1 atom stereocenters. The topological polar surface area (TPSA) is 61.5 Å². The molecule has 3 heterocycles. The molecule has 2 aromatic heterocycles. The first kappa shape index (κ1) is 15.1. The second-order valence-corrected chi connectivity index (χ2v) is 5.84. The van der Waals surface area contributed by atoms with E-state index < -0.39 is 0 Å². The maximum Gasteiger partial charge on any atom is 0.133 e. The van der Waals surface area contributed by atoms with Gasteiger partial charge in [0, 0.05) is 31.4 Å². The minimum atomic E-state index is -0.248. The number of anilines is 1. The fourth-order valence-corrected chi connectivity index (χ4v) is 2.90. The van der Waals surface area contributed by atoms with Crippen LogP contribution >= 0.6 is 0 Å². The summed E-state index contributed by atoms with van der Waals surface area (Å²) >= 11 is 0. The Balaban J connectivity index is 1.63. The van der Waals surface area contributed by atoms with Gasteiger partial charge >= 0.3 is 0 Å². The summed E-state index contributed by atoms with van der Waals surface area (Å²) in [5.74, 6) is 2.85. The Morgan fingerprint density at radius 1 is 1.36 bits per heavy atom. The van der Waals surface area contributed by atoms with E-state index in [1.54, 1.807) is 0 Å². The first-order valence-electron chi connectivity index (χ1n) is 7.85. The second-order valence-electron chi connectivity index (χ2n) is 5.84. The highest BCUT2D eigenvalue weighted by atomic mass is 16.3. The van der Waals surface area contributed by atoms with Crippen LogP contribution < -0.4 is 10.2 Å². The number of hydrogen-bond donors (Lipinski definition) is 2. The van der Waals surface area contributed by atoms with E-state index in [0.717, 1.165) is 48.8 Å². The van der Waals surface area contributed by atoms with Crippen LogP contribution in [-0.2, 0) is 13.1 Å². The van der Waals surface area contributed by atoms with Gasteiger partial charge in [0.2, 0.25) is 0 Å². The van der Waals surface area contributed by atoms with E-state index in [9.17, 15) is 5.11 Å². The molecular weight excluding hydrogens is 278 g/mol. The van der Waals surface area contributed by atoms with E-state index >= 15 is 0 Å². The van der Waals surface area contributed by atoms with Crippen LogP contribution in [0.25, 0.3) is 0 Å². The molecule has 3 rings (SSSR count). The lowest BCUT2D eigenvalue weighted by molar-refractivity contribution is 0.154. The van der Waals surface area contributed by atoms with E-state index in [2.05, 4.69) is 21.3 Å². The van der Waals surface area contributed by atoms with E-state index in [1.807, 2.05) is 31.3 Å². The summed E-state index contributed by atoms with van der Waals surface area (Å²) in [6.07, 6.45) is 3.46. The average Bonchev–Trinajstić information content (AvgIpc) is 2.93. The monoisotopic (exact) mass is 301 g/mol. The number of aromatic nitrogens is 1. The Hall–Kier alpha value is -1.85. The van der Waals surface area contributed by atoms with Crippen molar-refractivity contribution in [2.75, 3.05) is 18.0 Å². The van der Waals surface area contributed by atoms with Crippen molar-refractivity contribution >= 4 is 5.82 Å². The van der Waals surface area contributed by atoms with Crippen LogP contribution in [0, 0.1) is 6.92 Å². The molecule has 2 N–H and O–H groups in total. The molecule has 5 heteroatoms. The Morgan fingerprint density at radius 2 is 2.27 bits per heavy atom. The number of nitrogens with zero attached hydrogens (tertiary/aromatic N) is 2. The van der Waals surface area contributed by atoms with Gasteiger partial charge in [-0.25, -0.2) is 4.98 Å². The van der Waals surface area contributed by atoms with Crippen molar-refractivity contribution in [1.82, 2.24) is 10.3 Å². The number of pyridine rings is 1. The van der Waals surface area contributed by atoms with Crippen molar-refractivity contribution in [3.05, 3.63) is 47.5 Å². The summed E-state index contributed by atoms with van der Waals surface area (Å²) in [4.78, 5) is 6.70. The zero-order valence-corrected chi connectivity index (χ0v) is 13.0. The molecule has 0 unspecified atom stereocenters. The summed E-state index contributed by atoms with van der Waals surface area (Å²) in [6, 6.07) is 8.01. The summed E-state index contributed by atoms with van der Waals surface area (Å²) in [5.41, 5.74) is 1.15. The molecule has 1 saturated heterocycles. The molecule has 0 saturated carbocycles. The molecule has 0 aromatic carbocycles. The number of furan rings is 1. The first-order chi connectivity index (χ1) is 10.7. The number of piperidine rings is 1. The zero-order chi connectivity index (χ0) is 15.4. The summed E-state index contributed by atoms with van der Waals surface area (Å²) in [6.45, 7) is 5.00. The number of rotatable bonds is 5. The fraction of sp³-hybridized carbons (Fsp3) is 0.471. The smallest absolute Gasteiger partial charge is 0.133 e. The Kier molecular flexibility index (Phi) is 4.75. The molecular formula is C17H23N3O2. The van der Waals surface area contributed by atoms with Gasteiger partial charge in [-0.2, -0.15) is 0 Å². The van der Waals surface area contributed by atoms with Gasteiger partial charge in [-0.15, -0.1) is 0 Å². The lowest BCUT2D eigenvalue weighted by Gasteiger charge is -2.32. The highest BCUT2D eigenvalue weighted by molar-refractivity contribution is 5.47. The molecule has 0 aliphatic carbocycles. The first-order valence-corrected chi connectivity index (χ1v) is 7.85. The number of aryl methyl sites for hydroxylation is 1. The summed E-state index contributed by atoms with van der Waals surface area (Å²) < 4.78 is 5.56. The van der Waals surface area contributed by atoms with Crippen LogP contribution in [0.1, 0.15) is 29.9 Å². The predicted octanol–water partition coefficient (Wildman–Crippen LogP) is 2.23. The Morgan fingerprint density at radius 3 is 3.05 bits per heavy atom. The minimum absolute atomic E-state index is 0.248. The van der Waals surface area contributed by atoms with Crippen LogP contribution in [0.5, 0.6) is 0 Å². The molecule has 1 fully saturated rings. The van der Waals surface area contributed by atoms with E-state index in [1.165, 1.54) is 0 Å². The average molecular weight is 301 g/mol. The van der Waals surface area contributed by atoms with Crippen LogP contribution in [0.15, 0.2) is 34.9 Å². The molecule has 1 aliphatic heterocycles. The largest absolute Gasteiger partial charge is 0.465 e. The van der Waals surface area contributed by atoms with Crippen LogP contribution in [0.2, 0.25) is 0 Å².